The molecule has 0 amide bonds. The van der Waals surface area contributed by atoms with Crippen LogP contribution in [-0.2, 0) is 0 Å². The molecule has 0 atom stereocenters. The van der Waals surface area contributed by atoms with Crippen molar-refractivity contribution in [2.45, 2.75) is 25.8 Å². The van der Waals surface area contributed by atoms with Gasteiger partial charge in [0.1, 0.15) is 22.7 Å². The van der Waals surface area contributed by atoms with E-state index in [9.17, 15) is 14.0 Å². The number of halogens is 1. The average Bonchev–Trinajstić information content (AvgIpc) is 2.89. The number of carbonyl (C=O) groups is 1. The van der Waals surface area contributed by atoms with E-state index in [1.54, 1.807) is 36.5 Å². The van der Waals surface area contributed by atoms with Crippen molar-refractivity contribution in [2.75, 3.05) is 37.9 Å². The van der Waals surface area contributed by atoms with Gasteiger partial charge in [0.05, 0.1) is 18.5 Å². The Kier molecular flexibility index (Phi) is 7.06. The number of benzene rings is 2. The molecule has 1 aliphatic heterocycles. The van der Waals surface area contributed by atoms with Crippen LogP contribution >= 0.6 is 0 Å². The first-order valence-electron chi connectivity index (χ1n) is 12.3. The first kappa shape index (κ1) is 25.3. The van der Waals surface area contributed by atoms with Crippen LogP contribution in [0.2, 0.25) is 0 Å². The molecule has 1 fully saturated rings. The van der Waals surface area contributed by atoms with Crippen LogP contribution in [0.15, 0.2) is 57.9 Å². The molecule has 2 N–H and O–H groups in total. The van der Waals surface area contributed by atoms with Crippen LogP contribution in [0.5, 0.6) is 5.75 Å². The second kappa shape index (κ2) is 10.6. The second-order valence-electron chi connectivity index (χ2n) is 9.36. The molecule has 0 unspecified atom stereocenters. The monoisotopic (exact) mass is 517 g/mol. The van der Waals surface area contributed by atoms with Gasteiger partial charge in [-0.15, -0.1) is 0 Å². The van der Waals surface area contributed by atoms with Crippen LogP contribution < -0.4 is 21.0 Å². The molecular weight excluding hydrogens is 489 g/mol. The van der Waals surface area contributed by atoms with Crippen molar-refractivity contribution in [2.24, 2.45) is 0 Å². The van der Waals surface area contributed by atoms with Crippen molar-refractivity contribution >= 4 is 34.1 Å². The van der Waals surface area contributed by atoms with Crippen molar-refractivity contribution in [3.05, 3.63) is 70.5 Å². The minimum absolute atomic E-state index is 0.0291. The van der Waals surface area contributed by atoms with Gasteiger partial charge in [-0.25, -0.2) is 19.2 Å². The number of aromatic nitrogens is 2. The van der Waals surface area contributed by atoms with Crippen LogP contribution in [-0.4, -0.2) is 53.9 Å². The summed E-state index contributed by atoms with van der Waals surface area (Å²) in [5, 5.41) is 7.22. The van der Waals surface area contributed by atoms with E-state index in [4.69, 9.17) is 9.15 Å². The number of likely N-dealkylation sites (tertiary alicyclic amines) is 1. The number of hydrogen-bond acceptors (Lipinski definition) is 9. The predicted octanol–water partition coefficient (Wildman–Crippen LogP) is 4.85. The lowest BCUT2D eigenvalue weighted by Crippen LogP contribution is -2.37. The fraction of sp³-hybridized carbons (Fsp3) is 0.286. The molecule has 0 spiro atoms. The number of methoxy groups -OCH3 is 1. The minimum atomic E-state index is -0.681. The van der Waals surface area contributed by atoms with Crippen molar-refractivity contribution in [1.82, 2.24) is 14.9 Å². The van der Waals surface area contributed by atoms with Gasteiger partial charge < -0.3 is 24.7 Å². The summed E-state index contributed by atoms with van der Waals surface area (Å²) in [4.78, 5) is 36.3. The number of nitrogens with zero attached hydrogens (tertiary/aromatic N) is 3. The van der Waals surface area contributed by atoms with Crippen LogP contribution in [0.25, 0.3) is 22.2 Å². The second-order valence-corrected chi connectivity index (χ2v) is 9.36. The van der Waals surface area contributed by atoms with E-state index in [0.717, 1.165) is 25.9 Å². The fourth-order valence-corrected chi connectivity index (χ4v) is 4.68. The van der Waals surface area contributed by atoms with E-state index < -0.39 is 11.4 Å². The van der Waals surface area contributed by atoms with Gasteiger partial charge in [-0.2, -0.15) is 0 Å². The predicted molar refractivity (Wildman–Crippen MR) is 144 cm³/mol. The van der Waals surface area contributed by atoms with Crippen LogP contribution in [0.3, 0.4) is 0 Å². The third-order valence-corrected chi connectivity index (χ3v) is 6.68. The third-order valence-electron chi connectivity index (χ3n) is 6.68. The normalized spacial score (nSPS) is 14.4. The summed E-state index contributed by atoms with van der Waals surface area (Å²) in [7, 11) is 3.54. The maximum Gasteiger partial charge on any atom is 0.349 e. The minimum Gasteiger partial charge on any atom is -0.496 e. The molecule has 1 aliphatic rings. The van der Waals surface area contributed by atoms with E-state index in [-0.39, 0.29) is 17.4 Å². The lowest BCUT2D eigenvalue weighted by molar-refractivity contribution is 0.101. The number of nitrogens with one attached hydrogen (secondary N) is 2. The number of carbonyl (C=O) groups excluding carboxylic acids is 1. The van der Waals surface area contributed by atoms with Crippen LogP contribution in [0, 0.1) is 5.82 Å². The van der Waals surface area contributed by atoms with Gasteiger partial charge in [0.15, 0.2) is 5.78 Å². The summed E-state index contributed by atoms with van der Waals surface area (Å²) in [5.74, 6) is -0.110. The number of Topliss-reactive ketones (excluding diaryl/α,β-unsaturated/α-hetero) is 1. The molecule has 9 nitrogen and oxygen atoms in total. The van der Waals surface area contributed by atoms with E-state index in [2.05, 4.69) is 32.5 Å². The van der Waals surface area contributed by atoms with Crippen molar-refractivity contribution < 1.29 is 18.3 Å². The molecule has 0 aliphatic carbocycles. The highest BCUT2D eigenvalue weighted by Gasteiger charge is 2.23. The molecule has 2 aromatic carbocycles. The Morgan fingerprint density at radius 1 is 1.16 bits per heavy atom. The number of ether oxygens (including phenoxy) is 1. The van der Waals surface area contributed by atoms with Crippen molar-refractivity contribution in [3.63, 3.8) is 0 Å². The Morgan fingerprint density at radius 3 is 2.68 bits per heavy atom. The maximum atomic E-state index is 13.6. The van der Waals surface area contributed by atoms with Gasteiger partial charge in [-0.3, -0.25) is 4.79 Å². The molecule has 10 heteroatoms. The van der Waals surface area contributed by atoms with Gasteiger partial charge in [0.2, 0.25) is 5.95 Å². The first-order valence-corrected chi connectivity index (χ1v) is 12.3. The Hall–Kier alpha value is -4.31. The molecular formula is C28H28FN5O4. The lowest BCUT2D eigenvalue weighted by Gasteiger charge is -2.30. The largest absolute Gasteiger partial charge is 0.496 e. The molecule has 0 bridgehead atoms. The smallest absolute Gasteiger partial charge is 0.349 e. The number of ketones is 1. The van der Waals surface area contributed by atoms with E-state index >= 15 is 0 Å². The molecule has 5 rings (SSSR count). The first-order chi connectivity index (χ1) is 18.3. The number of hydrogen-bond donors (Lipinski definition) is 2. The number of piperidine rings is 1. The maximum absolute atomic E-state index is 13.6. The lowest BCUT2D eigenvalue weighted by atomic mass is 10.0. The summed E-state index contributed by atoms with van der Waals surface area (Å²) in [5.41, 5.74) is 1.93. The molecule has 196 valence electrons. The van der Waals surface area contributed by atoms with Crippen molar-refractivity contribution in [1.29, 1.82) is 0 Å². The molecule has 1 saturated heterocycles. The summed E-state index contributed by atoms with van der Waals surface area (Å²) < 4.78 is 24.5. The molecule has 0 radical (unpaired) electrons. The van der Waals surface area contributed by atoms with Gasteiger partial charge in [-0.05, 0) is 70.2 Å². The Balaban J connectivity index is 1.48. The van der Waals surface area contributed by atoms with Gasteiger partial charge in [-0.1, -0.05) is 0 Å². The highest BCUT2D eigenvalue weighted by Crippen LogP contribution is 2.32. The quantitative estimate of drug-likeness (QED) is 0.263. The molecule has 2 aromatic heterocycles. The highest BCUT2D eigenvalue weighted by molar-refractivity contribution is 6.06. The highest BCUT2D eigenvalue weighted by atomic mass is 19.1. The number of anilines is 3. The zero-order chi connectivity index (χ0) is 26.8. The Labute approximate surface area is 218 Å². The Bertz CT molecular complexity index is 1560. The zero-order valence-corrected chi connectivity index (χ0v) is 21.4. The molecule has 3 heterocycles. The molecule has 38 heavy (non-hydrogen) atoms. The third kappa shape index (κ3) is 5.21. The summed E-state index contributed by atoms with van der Waals surface area (Å²) in [6.07, 6.45) is 3.39. The SMILES string of the molecule is COc1cc(F)ccc1-c1ccnc(Nc2ccc3c(NC4CCN(C)CC4)c(C(C)=O)c(=O)oc3c2)n1. The van der Waals surface area contributed by atoms with Crippen LogP contribution in [0.1, 0.15) is 30.1 Å². The fourth-order valence-electron chi connectivity index (χ4n) is 4.68. The Morgan fingerprint density at radius 2 is 1.95 bits per heavy atom. The molecule has 4 aromatic rings. The topological polar surface area (TPSA) is 110 Å². The van der Waals surface area contributed by atoms with E-state index in [1.807, 2.05) is 0 Å². The van der Waals surface area contributed by atoms with Gasteiger partial charge >= 0.3 is 5.63 Å². The zero-order valence-electron chi connectivity index (χ0n) is 21.4. The standard InChI is InChI=1S/C28H28FN5O4/c1-16(35)25-26(31-18-9-12-34(2)13-10-18)21-7-5-19(15-24(21)38-27(25)36)32-28-30-11-8-22(33-28)20-6-4-17(29)14-23(20)37-3/h4-8,11,14-15,18,31H,9-10,12-13H2,1-3H3,(H,30,32,33). The molecule has 0 saturated carbocycles. The summed E-state index contributed by atoms with van der Waals surface area (Å²) >= 11 is 0. The number of rotatable bonds is 7. The average molecular weight is 518 g/mol. The number of fused-ring (bicyclic) bond motifs is 1. The van der Waals surface area contributed by atoms with Gasteiger partial charge in [0.25, 0.3) is 0 Å². The summed E-state index contributed by atoms with van der Waals surface area (Å²) in [6.45, 7) is 3.24. The van der Waals surface area contributed by atoms with E-state index in [0.29, 0.717) is 45.3 Å². The van der Waals surface area contributed by atoms with E-state index in [1.165, 1.54) is 26.2 Å². The van der Waals surface area contributed by atoms with Crippen LogP contribution in [0.4, 0.5) is 21.7 Å². The van der Waals surface area contributed by atoms with Crippen molar-refractivity contribution in [3.8, 4) is 17.0 Å². The van der Waals surface area contributed by atoms with Gasteiger partial charge in [0, 0.05) is 41.0 Å². The summed E-state index contributed by atoms with van der Waals surface area (Å²) in [6, 6.07) is 11.4.